The average Bonchev–Trinajstić information content (AvgIpc) is 2.97. The number of carbonyl (C=O) groups excluding carboxylic acids is 1. The van der Waals surface area contributed by atoms with Gasteiger partial charge in [0.2, 0.25) is 5.91 Å². The van der Waals surface area contributed by atoms with Gasteiger partial charge in [0.25, 0.3) is 0 Å². The summed E-state index contributed by atoms with van der Waals surface area (Å²) in [5.74, 6) is 0.363. The average molecular weight is 286 g/mol. The van der Waals surface area contributed by atoms with Crippen molar-refractivity contribution in [2.75, 3.05) is 0 Å². The molecule has 1 fully saturated rings. The fourth-order valence-corrected chi connectivity index (χ4v) is 2.09. The number of amides is 1. The highest BCUT2D eigenvalue weighted by molar-refractivity contribution is 9.10. The molecule has 86 valence electrons. The van der Waals surface area contributed by atoms with Gasteiger partial charge in [-0.25, -0.2) is 4.39 Å². The third-order valence-electron chi connectivity index (χ3n) is 2.91. The second kappa shape index (κ2) is 4.53. The molecule has 1 amide bonds. The third-order valence-corrected chi connectivity index (χ3v) is 3.40. The second-order valence-corrected chi connectivity index (χ2v) is 5.19. The molecule has 1 aliphatic carbocycles. The van der Waals surface area contributed by atoms with E-state index in [4.69, 9.17) is 0 Å². The maximum Gasteiger partial charge on any atom is 0.223 e. The Morgan fingerprint density at radius 2 is 2.31 bits per heavy atom. The fraction of sp³-hybridized carbons (Fsp3) is 0.417. The molecule has 4 heteroatoms. The first-order valence-electron chi connectivity index (χ1n) is 5.29. The topological polar surface area (TPSA) is 29.1 Å². The predicted molar refractivity (Wildman–Crippen MR) is 63.2 cm³/mol. The van der Waals surface area contributed by atoms with Gasteiger partial charge < -0.3 is 5.32 Å². The predicted octanol–water partition coefficient (Wildman–Crippen LogP) is 2.86. The van der Waals surface area contributed by atoms with Crippen molar-refractivity contribution in [2.45, 2.75) is 19.9 Å². The van der Waals surface area contributed by atoms with Crippen LogP contribution in [0.4, 0.5) is 4.39 Å². The standard InChI is InChI=1S/C12H13BrFNO/c1-7-4-10(7)12(16)15-6-8-5-9(13)2-3-11(8)14/h2-3,5,7,10H,4,6H2,1H3,(H,15,16). The number of rotatable bonds is 3. The lowest BCUT2D eigenvalue weighted by Crippen LogP contribution is -2.25. The number of halogens is 2. The van der Waals surface area contributed by atoms with E-state index in [1.807, 2.05) is 6.92 Å². The van der Waals surface area contributed by atoms with Crippen LogP contribution < -0.4 is 5.32 Å². The van der Waals surface area contributed by atoms with E-state index in [0.717, 1.165) is 10.9 Å². The minimum absolute atomic E-state index is 0.0341. The Kier molecular flexibility index (Phi) is 3.28. The zero-order valence-electron chi connectivity index (χ0n) is 8.97. The lowest BCUT2D eigenvalue weighted by atomic mass is 10.2. The summed E-state index contributed by atoms with van der Waals surface area (Å²) in [7, 11) is 0. The van der Waals surface area contributed by atoms with Crippen LogP contribution in [0.25, 0.3) is 0 Å². The van der Waals surface area contributed by atoms with Crippen molar-refractivity contribution >= 4 is 21.8 Å². The van der Waals surface area contributed by atoms with Crippen LogP contribution in [-0.2, 0) is 11.3 Å². The highest BCUT2D eigenvalue weighted by atomic mass is 79.9. The molecular weight excluding hydrogens is 273 g/mol. The minimum atomic E-state index is -0.285. The molecule has 2 nitrogen and oxygen atoms in total. The van der Waals surface area contributed by atoms with Crippen molar-refractivity contribution in [3.63, 3.8) is 0 Å². The molecule has 2 atom stereocenters. The SMILES string of the molecule is CC1CC1C(=O)NCc1cc(Br)ccc1F. The molecule has 1 aromatic carbocycles. The van der Waals surface area contributed by atoms with Crippen LogP contribution in [0.5, 0.6) is 0 Å². The van der Waals surface area contributed by atoms with E-state index in [2.05, 4.69) is 21.2 Å². The fourth-order valence-electron chi connectivity index (χ4n) is 1.68. The van der Waals surface area contributed by atoms with Gasteiger partial charge in [0.05, 0.1) is 0 Å². The molecule has 16 heavy (non-hydrogen) atoms. The van der Waals surface area contributed by atoms with Gasteiger partial charge in [0.1, 0.15) is 5.82 Å². The quantitative estimate of drug-likeness (QED) is 0.909. The largest absolute Gasteiger partial charge is 0.352 e. The Balaban J connectivity index is 1.94. The van der Waals surface area contributed by atoms with Crippen molar-refractivity contribution in [2.24, 2.45) is 11.8 Å². The molecule has 0 aromatic heterocycles. The van der Waals surface area contributed by atoms with E-state index >= 15 is 0 Å². The van der Waals surface area contributed by atoms with Crippen LogP contribution in [0, 0.1) is 17.7 Å². The second-order valence-electron chi connectivity index (χ2n) is 4.27. The summed E-state index contributed by atoms with van der Waals surface area (Å²) in [6.45, 7) is 2.30. The van der Waals surface area contributed by atoms with Crippen molar-refractivity contribution in [3.05, 3.63) is 34.1 Å². The number of carbonyl (C=O) groups is 1. The first-order chi connectivity index (χ1) is 7.58. The van der Waals surface area contributed by atoms with E-state index < -0.39 is 0 Å². The van der Waals surface area contributed by atoms with E-state index in [-0.39, 0.29) is 24.2 Å². The zero-order chi connectivity index (χ0) is 11.7. The molecule has 0 heterocycles. The molecule has 1 saturated carbocycles. The molecule has 1 aromatic rings. The number of hydrogen-bond acceptors (Lipinski definition) is 1. The Labute approximate surface area is 102 Å². The summed E-state index contributed by atoms with van der Waals surface area (Å²) in [6.07, 6.45) is 0.951. The molecule has 2 rings (SSSR count). The van der Waals surface area contributed by atoms with Gasteiger partial charge >= 0.3 is 0 Å². The summed E-state index contributed by atoms with van der Waals surface area (Å²) in [4.78, 5) is 11.5. The normalized spacial score (nSPS) is 22.9. The smallest absolute Gasteiger partial charge is 0.223 e. The summed E-state index contributed by atoms with van der Waals surface area (Å²) >= 11 is 3.27. The van der Waals surface area contributed by atoms with Crippen LogP contribution in [0.2, 0.25) is 0 Å². The third kappa shape index (κ3) is 2.61. The Hall–Kier alpha value is -0.900. The van der Waals surface area contributed by atoms with Gasteiger partial charge in [0, 0.05) is 22.5 Å². The van der Waals surface area contributed by atoms with Crippen molar-refractivity contribution in [1.82, 2.24) is 5.32 Å². The van der Waals surface area contributed by atoms with Gasteiger partial charge in [-0.05, 0) is 30.5 Å². The number of benzene rings is 1. The molecule has 0 spiro atoms. The van der Waals surface area contributed by atoms with E-state index in [9.17, 15) is 9.18 Å². The van der Waals surface area contributed by atoms with Gasteiger partial charge in [0.15, 0.2) is 0 Å². The first-order valence-corrected chi connectivity index (χ1v) is 6.09. The zero-order valence-corrected chi connectivity index (χ0v) is 10.6. The van der Waals surface area contributed by atoms with Gasteiger partial charge in [-0.15, -0.1) is 0 Å². The molecule has 1 N–H and O–H groups in total. The van der Waals surface area contributed by atoms with Gasteiger partial charge in [-0.2, -0.15) is 0 Å². The van der Waals surface area contributed by atoms with Crippen LogP contribution >= 0.6 is 15.9 Å². The monoisotopic (exact) mass is 285 g/mol. The molecule has 1 aliphatic rings. The highest BCUT2D eigenvalue weighted by Crippen LogP contribution is 2.37. The number of nitrogens with one attached hydrogen (secondary N) is 1. The lowest BCUT2D eigenvalue weighted by molar-refractivity contribution is -0.122. The van der Waals surface area contributed by atoms with E-state index in [1.54, 1.807) is 12.1 Å². The maximum absolute atomic E-state index is 13.3. The molecular formula is C12H13BrFNO. The van der Waals surface area contributed by atoms with Crippen molar-refractivity contribution in [1.29, 1.82) is 0 Å². The van der Waals surface area contributed by atoms with Crippen LogP contribution in [0.1, 0.15) is 18.9 Å². The summed E-state index contributed by atoms with van der Waals surface area (Å²) in [5, 5.41) is 2.76. The highest BCUT2D eigenvalue weighted by Gasteiger charge is 2.38. The Morgan fingerprint density at radius 3 is 2.94 bits per heavy atom. The molecule has 0 bridgehead atoms. The van der Waals surface area contributed by atoms with E-state index in [0.29, 0.717) is 11.5 Å². The van der Waals surface area contributed by atoms with Crippen LogP contribution in [0.15, 0.2) is 22.7 Å². The molecule has 2 unspecified atom stereocenters. The molecule has 0 aliphatic heterocycles. The molecule has 0 radical (unpaired) electrons. The first kappa shape index (κ1) is 11.6. The summed E-state index contributed by atoms with van der Waals surface area (Å²) in [5.41, 5.74) is 0.510. The van der Waals surface area contributed by atoms with Gasteiger partial charge in [-0.1, -0.05) is 22.9 Å². The Bertz CT molecular complexity index is 421. The Morgan fingerprint density at radius 1 is 1.62 bits per heavy atom. The van der Waals surface area contributed by atoms with E-state index in [1.165, 1.54) is 6.07 Å². The van der Waals surface area contributed by atoms with Crippen LogP contribution in [-0.4, -0.2) is 5.91 Å². The van der Waals surface area contributed by atoms with Crippen LogP contribution in [0.3, 0.4) is 0 Å². The van der Waals surface area contributed by atoms with Gasteiger partial charge in [-0.3, -0.25) is 4.79 Å². The van der Waals surface area contributed by atoms with Crippen molar-refractivity contribution in [3.8, 4) is 0 Å². The van der Waals surface area contributed by atoms with Crippen molar-refractivity contribution < 1.29 is 9.18 Å². The lowest BCUT2D eigenvalue weighted by Gasteiger charge is -2.06. The minimum Gasteiger partial charge on any atom is -0.352 e. The number of hydrogen-bond donors (Lipinski definition) is 1. The molecule has 0 saturated heterocycles. The maximum atomic E-state index is 13.3. The summed E-state index contributed by atoms with van der Waals surface area (Å²) < 4.78 is 14.2. The summed E-state index contributed by atoms with van der Waals surface area (Å²) in [6, 6.07) is 4.72.